The van der Waals surface area contributed by atoms with E-state index in [1.807, 2.05) is 36.4 Å². The Morgan fingerprint density at radius 2 is 0.867 bits per heavy atom. The number of nitrogens with zero attached hydrogens (tertiary/aromatic N) is 2. The van der Waals surface area contributed by atoms with Gasteiger partial charge in [0.15, 0.2) is 5.82 Å². The van der Waals surface area contributed by atoms with Gasteiger partial charge >= 0.3 is 0 Å². The summed E-state index contributed by atoms with van der Waals surface area (Å²) >= 11 is 1.80. The zero-order valence-electron chi connectivity index (χ0n) is 23.8. The fraction of sp³-hybridized carbons (Fsp3) is 0. The van der Waals surface area contributed by atoms with Crippen molar-refractivity contribution in [3.05, 3.63) is 133 Å². The Morgan fingerprint density at radius 3 is 1.51 bits per heavy atom. The standard InChI is InChI=1S/C40H22N2O2S/c1-4-10-34-26(7-1)28-16-13-23(19-36(28)43-34)32-22-33(24-14-17-29-27-8-2-5-11-35(27)44-37(29)20-24)42-40(41-32)25-15-18-31-30-9-3-6-12-38(30)45-39(31)21-25/h1-22H. The molecule has 0 radical (unpaired) electrons. The maximum Gasteiger partial charge on any atom is 0.160 e. The van der Waals surface area contributed by atoms with Crippen LogP contribution in [-0.2, 0) is 0 Å². The average Bonchev–Trinajstić information content (AvgIpc) is 3.78. The molecule has 0 N–H and O–H groups in total. The average molecular weight is 595 g/mol. The molecule has 10 rings (SSSR count). The molecule has 0 aliphatic heterocycles. The molecule has 10 aromatic rings. The van der Waals surface area contributed by atoms with Gasteiger partial charge in [0, 0.05) is 58.4 Å². The maximum absolute atomic E-state index is 6.24. The lowest BCUT2D eigenvalue weighted by molar-refractivity contribution is 0.668. The monoisotopic (exact) mass is 594 g/mol. The van der Waals surface area contributed by atoms with Crippen molar-refractivity contribution in [1.29, 1.82) is 0 Å². The molecule has 0 unspecified atom stereocenters. The number of hydrogen-bond acceptors (Lipinski definition) is 5. The summed E-state index contributed by atoms with van der Waals surface area (Å²) < 4.78 is 15.0. The summed E-state index contributed by atoms with van der Waals surface area (Å²) in [6.45, 7) is 0. The number of benzene rings is 6. The molecule has 0 atom stereocenters. The molecule has 4 heterocycles. The first-order chi connectivity index (χ1) is 22.2. The van der Waals surface area contributed by atoms with E-state index in [2.05, 4.69) is 97.1 Å². The fourth-order valence-electron chi connectivity index (χ4n) is 6.51. The minimum Gasteiger partial charge on any atom is -0.456 e. The summed E-state index contributed by atoms with van der Waals surface area (Å²) in [6, 6.07) is 46.1. The Balaban J connectivity index is 1.18. The van der Waals surface area contributed by atoms with E-state index in [1.165, 1.54) is 20.2 Å². The summed E-state index contributed by atoms with van der Waals surface area (Å²) in [5, 5.41) is 6.93. The molecule has 0 bridgehead atoms. The number of rotatable bonds is 3. The molecule has 0 saturated carbocycles. The first kappa shape index (κ1) is 24.6. The van der Waals surface area contributed by atoms with Crippen LogP contribution in [0.3, 0.4) is 0 Å². The summed E-state index contributed by atoms with van der Waals surface area (Å²) in [6.07, 6.45) is 0. The lowest BCUT2D eigenvalue weighted by atomic mass is 10.0. The molecule has 0 fully saturated rings. The van der Waals surface area contributed by atoms with Crippen molar-refractivity contribution in [1.82, 2.24) is 9.97 Å². The van der Waals surface area contributed by atoms with E-state index >= 15 is 0 Å². The number of aromatic nitrogens is 2. The van der Waals surface area contributed by atoms with Crippen LogP contribution >= 0.6 is 11.3 Å². The molecule has 45 heavy (non-hydrogen) atoms. The predicted octanol–water partition coefficient (Wildman–Crippen LogP) is 11.6. The van der Waals surface area contributed by atoms with Crippen molar-refractivity contribution in [3.63, 3.8) is 0 Å². The molecule has 0 spiro atoms. The summed E-state index contributed by atoms with van der Waals surface area (Å²) in [5.74, 6) is 0.677. The van der Waals surface area contributed by atoms with Gasteiger partial charge in [-0.2, -0.15) is 0 Å². The lowest BCUT2D eigenvalue weighted by Crippen LogP contribution is -1.96. The molecule has 5 heteroatoms. The third kappa shape index (κ3) is 3.84. The van der Waals surface area contributed by atoms with Crippen LogP contribution in [-0.4, -0.2) is 9.97 Å². The van der Waals surface area contributed by atoms with Gasteiger partial charge in [0.1, 0.15) is 22.3 Å². The number of furan rings is 2. The first-order valence-corrected chi connectivity index (χ1v) is 15.7. The Kier molecular flexibility index (Phi) is 5.12. The van der Waals surface area contributed by atoms with Gasteiger partial charge in [0.2, 0.25) is 0 Å². The van der Waals surface area contributed by atoms with E-state index in [9.17, 15) is 0 Å². The fourth-order valence-corrected chi connectivity index (χ4v) is 7.65. The lowest BCUT2D eigenvalue weighted by Gasteiger charge is -2.10. The van der Waals surface area contributed by atoms with Gasteiger partial charge in [-0.25, -0.2) is 9.97 Å². The highest BCUT2D eigenvalue weighted by Gasteiger charge is 2.16. The van der Waals surface area contributed by atoms with Gasteiger partial charge < -0.3 is 8.83 Å². The van der Waals surface area contributed by atoms with E-state index in [1.54, 1.807) is 11.3 Å². The maximum atomic E-state index is 6.24. The Bertz CT molecular complexity index is 2470. The van der Waals surface area contributed by atoms with Crippen molar-refractivity contribution < 1.29 is 8.83 Å². The number of para-hydroxylation sites is 2. The van der Waals surface area contributed by atoms with Crippen molar-refractivity contribution in [2.75, 3.05) is 0 Å². The largest absolute Gasteiger partial charge is 0.456 e. The van der Waals surface area contributed by atoms with Gasteiger partial charge in [0.05, 0.1) is 11.4 Å². The van der Waals surface area contributed by atoms with Crippen molar-refractivity contribution in [2.45, 2.75) is 0 Å². The van der Waals surface area contributed by atoms with Crippen molar-refractivity contribution in [2.24, 2.45) is 0 Å². The highest BCUT2D eigenvalue weighted by Crippen LogP contribution is 2.38. The van der Waals surface area contributed by atoms with E-state index in [4.69, 9.17) is 18.8 Å². The Hall–Kier alpha value is -5.78. The molecule has 0 amide bonds. The first-order valence-electron chi connectivity index (χ1n) is 14.9. The van der Waals surface area contributed by atoms with Crippen LogP contribution in [0.2, 0.25) is 0 Å². The molecule has 210 valence electrons. The smallest absolute Gasteiger partial charge is 0.160 e. The number of fused-ring (bicyclic) bond motifs is 9. The number of thiophene rings is 1. The summed E-state index contributed by atoms with van der Waals surface area (Å²) in [5.41, 5.74) is 8.02. The van der Waals surface area contributed by atoms with Crippen LogP contribution < -0.4 is 0 Å². The second kappa shape index (κ2) is 9.36. The summed E-state index contributed by atoms with van der Waals surface area (Å²) in [4.78, 5) is 10.3. The van der Waals surface area contributed by atoms with E-state index in [-0.39, 0.29) is 0 Å². The Morgan fingerprint density at radius 1 is 0.378 bits per heavy atom. The quantitative estimate of drug-likeness (QED) is 0.204. The van der Waals surface area contributed by atoms with Crippen molar-refractivity contribution in [3.8, 4) is 33.9 Å². The zero-order chi connectivity index (χ0) is 29.5. The molecule has 4 nitrogen and oxygen atoms in total. The number of hydrogen-bond donors (Lipinski definition) is 0. The molecule has 4 aromatic heterocycles. The molecule has 0 aliphatic rings. The minimum atomic E-state index is 0.677. The second-order valence-corrected chi connectivity index (χ2v) is 12.5. The van der Waals surface area contributed by atoms with Gasteiger partial charge in [-0.3, -0.25) is 0 Å². The van der Waals surface area contributed by atoms with E-state index in [0.717, 1.165) is 72.0 Å². The van der Waals surface area contributed by atoms with Gasteiger partial charge in [-0.05, 0) is 54.6 Å². The van der Waals surface area contributed by atoms with Crippen LogP contribution in [0, 0.1) is 0 Å². The normalized spacial score (nSPS) is 12.0. The van der Waals surface area contributed by atoms with E-state index in [0.29, 0.717) is 5.82 Å². The van der Waals surface area contributed by atoms with Crippen LogP contribution in [0.15, 0.2) is 142 Å². The van der Waals surface area contributed by atoms with Crippen LogP contribution in [0.4, 0.5) is 0 Å². The highest BCUT2D eigenvalue weighted by molar-refractivity contribution is 7.25. The molecule has 0 aliphatic carbocycles. The van der Waals surface area contributed by atoms with E-state index < -0.39 is 0 Å². The third-order valence-corrected chi connectivity index (χ3v) is 9.85. The molecule has 0 saturated heterocycles. The molecular weight excluding hydrogens is 573 g/mol. The highest BCUT2D eigenvalue weighted by atomic mass is 32.1. The van der Waals surface area contributed by atoms with Gasteiger partial charge in [0.25, 0.3) is 0 Å². The SMILES string of the molecule is c1ccc2c(c1)oc1cc(-c3cc(-c4ccc5c(c4)oc4ccccc45)nc(-c4ccc5c(c4)sc4ccccc45)n3)ccc12. The topological polar surface area (TPSA) is 52.1 Å². The minimum absolute atomic E-state index is 0.677. The van der Waals surface area contributed by atoms with Crippen LogP contribution in [0.25, 0.3) is 98.0 Å². The molecule has 6 aromatic carbocycles. The zero-order valence-corrected chi connectivity index (χ0v) is 24.6. The predicted molar refractivity (Wildman–Crippen MR) is 186 cm³/mol. The van der Waals surface area contributed by atoms with Crippen molar-refractivity contribution >= 4 is 75.4 Å². The molecular formula is C40H22N2O2S. The Labute approximate surface area is 260 Å². The summed E-state index contributed by atoms with van der Waals surface area (Å²) in [7, 11) is 0. The van der Waals surface area contributed by atoms with Crippen LogP contribution in [0.5, 0.6) is 0 Å². The van der Waals surface area contributed by atoms with Crippen LogP contribution in [0.1, 0.15) is 0 Å². The third-order valence-electron chi connectivity index (χ3n) is 8.71. The second-order valence-electron chi connectivity index (χ2n) is 11.4. The van der Waals surface area contributed by atoms with Gasteiger partial charge in [-0.1, -0.05) is 78.9 Å². The van der Waals surface area contributed by atoms with Gasteiger partial charge in [-0.15, -0.1) is 11.3 Å².